The minimum absolute atomic E-state index is 0.0345. The highest BCUT2D eigenvalue weighted by atomic mass is 32.2. The Morgan fingerprint density at radius 1 is 0.816 bits per heavy atom. The van der Waals surface area contributed by atoms with E-state index in [9.17, 15) is 34.2 Å². The van der Waals surface area contributed by atoms with Gasteiger partial charge in [0.15, 0.2) is 29.9 Å². The number of rotatable bonds is 12. The summed E-state index contributed by atoms with van der Waals surface area (Å²) in [5.41, 5.74) is -7.33. The Bertz CT molecular complexity index is 3030. The highest BCUT2D eigenvalue weighted by Crippen LogP contribution is 2.64. The average Bonchev–Trinajstić information content (AvgIpc) is 3.36. The number of esters is 5. The third kappa shape index (κ3) is 11.1. The van der Waals surface area contributed by atoms with E-state index in [0.29, 0.717) is 11.8 Å². The van der Waals surface area contributed by atoms with Crippen molar-refractivity contribution in [3.8, 4) is 0 Å². The molecule has 8 rings (SSSR count). The van der Waals surface area contributed by atoms with Gasteiger partial charge in [0.2, 0.25) is 6.10 Å². The van der Waals surface area contributed by atoms with Gasteiger partial charge in [-0.2, -0.15) is 0 Å². The first kappa shape index (κ1) is 56.6. The Balaban J connectivity index is 0.00000160. The van der Waals surface area contributed by atoms with E-state index in [4.69, 9.17) is 41.4 Å². The molecule has 11 atom stereocenters. The highest BCUT2D eigenvalue weighted by Gasteiger charge is 2.78. The standard InChI is InChI=1S/C54H56N2O15.CH4O3S/c1-30-37(68-50(64)43(69-49(63)36-24-17-25-56(7)28-36)41(33-18-11-8-12-19-33)55-47(61)34-20-13-9-14-21-34)27-54(65)46(70-48(62)35-22-15-10-16-23-35)44-52(6,38(59)26-39-53(44,29-66-39)71-32(3)58)45(60)42(67-31(2)57)40(30)51(54,4)5;1-5(2,3)4/h8-25,28,37-39,41-44,46,59,65H,26-27,29H2,1-7H3;1H3,(H,2,3,4)/t37-,38-,39+,41?,42+,43?,44?,46-,52?,53-,54+;/m0./s1. The largest absolute Gasteiger partial charge is 0.748 e. The second kappa shape index (κ2) is 21.8. The van der Waals surface area contributed by atoms with Crippen LogP contribution in [-0.2, 0) is 64.8 Å². The van der Waals surface area contributed by atoms with E-state index in [1.54, 1.807) is 117 Å². The van der Waals surface area contributed by atoms with Gasteiger partial charge in [-0.1, -0.05) is 80.6 Å². The maximum atomic E-state index is 15.7. The second-order valence-electron chi connectivity index (χ2n) is 20.2. The van der Waals surface area contributed by atoms with Crippen molar-refractivity contribution in [1.82, 2.24) is 5.32 Å². The number of aryl methyl sites for hydroxylation is 1. The van der Waals surface area contributed by atoms with Gasteiger partial charge in [-0.3, -0.25) is 19.2 Å². The lowest BCUT2D eigenvalue weighted by atomic mass is 9.44. The predicted molar refractivity (Wildman–Crippen MR) is 264 cm³/mol. The zero-order chi connectivity index (χ0) is 55.7. The molecule has 4 unspecified atom stereocenters. The highest BCUT2D eigenvalue weighted by molar-refractivity contribution is 7.84. The van der Waals surface area contributed by atoms with Gasteiger partial charge in [-0.05, 0) is 60.9 Å². The normalized spacial score (nSPS) is 28.0. The Morgan fingerprint density at radius 3 is 1.92 bits per heavy atom. The molecule has 2 bridgehead atoms. The van der Waals surface area contributed by atoms with Crippen molar-refractivity contribution in [1.29, 1.82) is 0 Å². The van der Waals surface area contributed by atoms with E-state index in [1.807, 2.05) is 0 Å². The van der Waals surface area contributed by atoms with Gasteiger partial charge in [-0.15, -0.1) is 0 Å². The summed E-state index contributed by atoms with van der Waals surface area (Å²) in [4.78, 5) is 100. The molecule has 4 aliphatic rings. The molecule has 1 saturated heterocycles. The lowest BCUT2D eigenvalue weighted by molar-refractivity contribution is -0.671. The van der Waals surface area contributed by atoms with Gasteiger partial charge in [-0.25, -0.2) is 27.4 Å². The molecule has 0 spiro atoms. The van der Waals surface area contributed by atoms with Crippen molar-refractivity contribution in [3.63, 3.8) is 0 Å². The van der Waals surface area contributed by atoms with Crippen LogP contribution in [0.15, 0.2) is 127 Å². The number of pyridine rings is 1. The van der Waals surface area contributed by atoms with Gasteiger partial charge in [0.25, 0.3) is 5.91 Å². The van der Waals surface area contributed by atoms with Crippen LogP contribution in [0.5, 0.6) is 0 Å². The number of Topliss-reactive ketones (excluding diaryl/α,β-unsaturated/α-hetero) is 1. The summed E-state index contributed by atoms with van der Waals surface area (Å²) in [6, 6.07) is 25.9. The van der Waals surface area contributed by atoms with Crippen molar-refractivity contribution in [2.45, 2.75) is 108 Å². The third-order valence-corrected chi connectivity index (χ3v) is 14.9. The number of nitrogens with zero attached hydrogens (tertiary/aromatic N) is 1. The van der Waals surface area contributed by atoms with Crippen LogP contribution in [0.2, 0.25) is 0 Å². The molecule has 1 aliphatic heterocycles. The van der Waals surface area contributed by atoms with E-state index in [0.717, 1.165) is 13.8 Å². The summed E-state index contributed by atoms with van der Waals surface area (Å²) >= 11 is 0. The summed E-state index contributed by atoms with van der Waals surface area (Å²) in [7, 11) is -2.23. The molecule has 1 amide bonds. The minimum Gasteiger partial charge on any atom is -0.748 e. The van der Waals surface area contributed by atoms with Crippen LogP contribution in [-0.4, -0.2) is 125 Å². The maximum Gasteiger partial charge on any atom is 0.350 e. The van der Waals surface area contributed by atoms with Crippen molar-refractivity contribution in [2.24, 2.45) is 23.8 Å². The topological polar surface area (TPSA) is 288 Å². The number of hydrogen-bond donors (Lipinski definition) is 3. The summed E-state index contributed by atoms with van der Waals surface area (Å²) in [6.45, 7) is 7.92. The first-order valence-electron chi connectivity index (χ1n) is 24.2. The number of benzene rings is 3. The maximum absolute atomic E-state index is 15.7. The monoisotopic (exact) mass is 1070 g/mol. The van der Waals surface area contributed by atoms with E-state index < -0.39 is 129 Å². The molecule has 1 aromatic heterocycles. The van der Waals surface area contributed by atoms with Crippen LogP contribution in [0.3, 0.4) is 0 Å². The molecule has 2 saturated carbocycles. The van der Waals surface area contributed by atoms with Gasteiger partial charge in [0.1, 0.15) is 42.6 Å². The first-order valence-corrected chi connectivity index (χ1v) is 26.0. The molecule has 3 aromatic carbocycles. The number of hydrogen-bond acceptors (Lipinski definition) is 18. The van der Waals surface area contributed by atoms with E-state index >= 15 is 9.59 Å². The van der Waals surface area contributed by atoms with Gasteiger partial charge >= 0.3 is 29.8 Å². The summed E-state index contributed by atoms with van der Waals surface area (Å²) < 4.78 is 65.8. The van der Waals surface area contributed by atoms with Crippen LogP contribution in [0.1, 0.15) is 97.1 Å². The first-order chi connectivity index (χ1) is 35.6. The lowest BCUT2D eigenvalue weighted by Crippen LogP contribution is -2.82. The zero-order valence-electron chi connectivity index (χ0n) is 43.0. The fourth-order valence-electron chi connectivity index (χ4n) is 11.2. The summed E-state index contributed by atoms with van der Waals surface area (Å²) in [5.74, 6) is -7.95. The number of amides is 1. The molecule has 3 aliphatic carbocycles. The van der Waals surface area contributed by atoms with Gasteiger partial charge in [0.05, 0.1) is 39.7 Å². The number of carbonyl (C=O) groups is 7. The molecular weight excluding hydrogens is 1010 g/mol. The quantitative estimate of drug-likeness (QED) is 0.0601. The van der Waals surface area contributed by atoms with Crippen LogP contribution in [0.4, 0.5) is 0 Å². The molecule has 3 N–H and O–H groups in total. The smallest absolute Gasteiger partial charge is 0.350 e. The minimum atomic E-state index is -3.92. The van der Waals surface area contributed by atoms with Gasteiger partial charge in [0, 0.05) is 50.0 Å². The number of aliphatic hydroxyl groups excluding tert-OH is 1. The number of ether oxygens (including phenoxy) is 6. The van der Waals surface area contributed by atoms with Crippen molar-refractivity contribution in [2.75, 3.05) is 12.9 Å². The number of aliphatic hydroxyl groups is 2. The van der Waals surface area contributed by atoms with E-state index in [1.165, 1.54) is 38.2 Å². The zero-order valence-corrected chi connectivity index (χ0v) is 43.8. The number of nitrogens with one attached hydrogen (secondary N) is 1. The number of ketones is 1. The molecule has 2 heterocycles. The summed E-state index contributed by atoms with van der Waals surface area (Å²) in [6.07, 6.45) is -6.99. The predicted octanol–water partition coefficient (Wildman–Crippen LogP) is 3.59. The Morgan fingerprint density at radius 2 is 1.38 bits per heavy atom. The van der Waals surface area contributed by atoms with Crippen LogP contribution >= 0.6 is 0 Å². The molecule has 76 heavy (non-hydrogen) atoms. The number of fused-ring (bicyclic) bond motifs is 5. The lowest BCUT2D eigenvalue weighted by Gasteiger charge is -2.67. The van der Waals surface area contributed by atoms with Crippen LogP contribution in [0.25, 0.3) is 0 Å². The van der Waals surface area contributed by atoms with Crippen LogP contribution < -0.4 is 9.88 Å². The van der Waals surface area contributed by atoms with Gasteiger partial charge < -0.3 is 48.5 Å². The third-order valence-electron chi connectivity index (χ3n) is 14.9. The molecule has 20 nitrogen and oxygen atoms in total. The van der Waals surface area contributed by atoms with Crippen LogP contribution in [0, 0.1) is 16.7 Å². The van der Waals surface area contributed by atoms with Crippen molar-refractivity contribution < 1.29 is 89.7 Å². The summed E-state index contributed by atoms with van der Waals surface area (Å²) in [5, 5.41) is 29.0. The number of aromatic nitrogens is 1. The van der Waals surface area contributed by atoms with E-state index in [2.05, 4.69) is 5.32 Å². The SMILES string of the molecule is CC(=O)O[C@H]1C(=O)C2(C)C([C@H](OC(=O)c3ccccc3)[C@]3(O)C[C@H](OC(=O)C(OC(=O)c4ccc[n+](C)c4)C(NC(=O)c4ccccc4)c4ccccc4)C(C)=C1C3(C)C)[C@]1(OC(C)=O)CO[C@@H]1C[C@@H]2O.CS(=O)(=O)[O-]. The fourth-order valence-corrected chi connectivity index (χ4v) is 11.2. The Labute approximate surface area is 439 Å². The Hall–Kier alpha value is -7.17. The molecule has 3 fully saturated rings. The molecule has 21 heteroatoms. The molecule has 0 radical (unpaired) electrons. The van der Waals surface area contributed by atoms with Crippen molar-refractivity contribution in [3.05, 3.63) is 149 Å². The second-order valence-corrected chi connectivity index (χ2v) is 21.6. The molecule has 404 valence electrons. The average molecular weight is 1070 g/mol. The van der Waals surface area contributed by atoms with E-state index in [-0.39, 0.29) is 40.9 Å². The molecule has 4 aromatic rings. The Kier molecular flexibility index (Phi) is 16.2. The van der Waals surface area contributed by atoms with Crippen molar-refractivity contribution >= 4 is 51.7 Å². The number of carbonyl (C=O) groups excluding carboxylic acids is 7. The fraction of sp³-hybridized carbons (Fsp3) is 0.418. The molecular formula is C55H60N2O18S.